The molecule has 0 bridgehead atoms. The average molecular weight is 355 g/mol. The monoisotopic (exact) mass is 354 g/mol. The molecule has 0 N–H and O–H groups in total. The van der Waals surface area contributed by atoms with Gasteiger partial charge in [-0.2, -0.15) is 0 Å². The number of halogens is 1. The summed E-state index contributed by atoms with van der Waals surface area (Å²) in [5, 5.41) is 0.689. The number of benzene rings is 2. The smallest absolute Gasteiger partial charge is 0.227 e. The van der Waals surface area contributed by atoms with Crippen molar-refractivity contribution in [3.8, 4) is 11.5 Å². The van der Waals surface area contributed by atoms with Gasteiger partial charge in [0, 0.05) is 30.2 Å². The number of likely N-dealkylation sites (tertiary alicyclic amines) is 1. The van der Waals surface area contributed by atoms with Crippen molar-refractivity contribution in [2.24, 2.45) is 11.8 Å². The van der Waals surface area contributed by atoms with Crippen LogP contribution in [0, 0.1) is 11.8 Å². The zero-order valence-corrected chi connectivity index (χ0v) is 15.5. The van der Waals surface area contributed by atoms with Crippen LogP contribution >= 0.6 is 11.6 Å². The lowest BCUT2D eigenvalue weighted by Gasteiger charge is -2.34. The van der Waals surface area contributed by atoms with Gasteiger partial charge in [-0.1, -0.05) is 37.6 Å². The number of oxazole rings is 1. The highest BCUT2D eigenvalue weighted by Crippen LogP contribution is 2.28. The van der Waals surface area contributed by atoms with Crippen molar-refractivity contribution < 1.29 is 4.42 Å². The third kappa shape index (κ3) is 3.73. The summed E-state index contributed by atoms with van der Waals surface area (Å²) in [6, 6.07) is 13.9. The SMILES string of the molecule is C[C@@H]1C[C@H](C)CN(Cc2ccc3oc(-c4cccc(Cl)c4)nc3c2)C1. The van der Waals surface area contributed by atoms with Crippen molar-refractivity contribution in [1.82, 2.24) is 9.88 Å². The molecule has 2 heterocycles. The number of fused-ring (bicyclic) bond motifs is 1. The maximum Gasteiger partial charge on any atom is 0.227 e. The molecule has 0 unspecified atom stereocenters. The number of aromatic nitrogens is 1. The molecule has 2 atom stereocenters. The zero-order valence-electron chi connectivity index (χ0n) is 14.7. The topological polar surface area (TPSA) is 29.3 Å². The summed E-state index contributed by atoms with van der Waals surface area (Å²) >= 11 is 6.08. The van der Waals surface area contributed by atoms with Crippen molar-refractivity contribution in [2.75, 3.05) is 13.1 Å². The molecule has 4 heteroatoms. The van der Waals surface area contributed by atoms with Crippen LogP contribution in [0.4, 0.5) is 0 Å². The Hall–Kier alpha value is -1.84. The van der Waals surface area contributed by atoms with Gasteiger partial charge in [-0.15, -0.1) is 0 Å². The summed E-state index contributed by atoms with van der Waals surface area (Å²) in [6.07, 6.45) is 1.34. The molecule has 0 amide bonds. The summed E-state index contributed by atoms with van der Waals surface area (Å²) in [5.41, 5.74) is 3.92. The minimum absolute atomic E-state index is 0.620. The second-order valence-corrected chi connectivity index (χ2v) is 7.91. The molecule has 4 rings (SSSR count). The first kappa shape index (κ1) is 16.6. The Morgan fingerprint density at radius 2 is 1.92 bits per heavy atom. The molecule has 1 aliphatic rings. The van der Waals surface area contributed by atoms with Crippen LogP contribution in [0.2, 0.25) is 5.02 Å². The summed E-state index contributed by atoms with van der Waals surface area (Å²) in [7, 11) is 0. The second-order valence-electron chi connectivity index (χ2n) is 7.47. The van der Waals surface area contributed by atoms with Crippen LogP contribution in [0.1, 0.15) is 25.8 Å². The van der Waals surface area contributed by atoms with E-state index in [0.29, 0.717) is 10.9 Å². The highest BCUT2D eigenvalue weighted by molar-refractivity contribution is 6.30. The van der Waals surface area contributed by atoms with Gasteiger partial charge in [0.25, 0.3) is 0 Å². The quantitative estimate of drug-likeness (QED) is 0.610. The largest absolute Gasteiger partial charge is 0.436 e. The summed E-state index contributed by atoms with van der Waals surface area (Å²) in [4.78, 5) is 7.22. The minimum Gasteiger partial charge on any atom is -0.436 e. The predicted molar refractivity (Wildman–Crippen MR) is 103 cm³/mol. The van der Waals surface area contributed by atoms with Gasteiger partial charge in [-0.3, -0.25) is 4.90 Å². The first-order valence-corrected chi connectivity index (χ1v) is 9.32. The van der Waals surface area contributed by atoms with Gasteiger partial charge in [-0.25, -0.2) is 4.98 Å². The molecule has 0 aliphatic carbocycles. The van der Waals surface area contributed by atoms with Crippen molar-refractivity contribution in [3.05, 3.63) is 53.1 Å². The number of piperidine rings is 1. The molecule has 0 radical (unpaired) electrons. The zero-order chi connectivity index (χ0) is 17.4. The van der Waals surface area contributed by atoms with E-state index in [1.165, 1.54) is 25.1 Å². The fourth-order valence-electron chi connectivity index (χ4n) is 4.00. The number of hydrogen-bond acceptors (Lipinski definition) is 3. The standard InChI is InChI=1S/C21H23ClN2O/c1-14-8-15(2)12-24(11-14)13-16-6-7-20-19(9-16)23-21(25-20)17-4-3-5-18(22)10-17/h3-7,9-10,14-15H,8,11-13H2,1-2H3/t14-,15+. The molecular weight excluding hydrogens is 332 g/mol. The maximum atomic E-state index is 6.08. The second kappa shape index (κ2) is 6.81. The van der Waals surface area contributed by atoms with Crippen molar-refractivity contribution in [3.63, 3.8) is 0 Å². The molecule has 0 saturated carbocycles. The molecule has 0 spiro atoms. The third-order valence-corrected chi connectivity index (χ3v) is 5.11. The van der Waals surface area contributed by atoms with Crippen molar-refractivity contribution in [1.29, 1.82) is 0 Å². The molecule has 2 aromatic carbocycles. The fraction of sp³-hybridized carbons (Fsp3) is 0.381. The Morgan fingerprint density at radius 1 is 1.12 bits per heavy atom. The van der Waals surface area contributed by atoms with Crippen LogP contribution < -0.4 is 0 Å². The molecule has 1 aromatic heterocycles. The van der Waals surface area contributed by atoms with E-state index < -0.39 is 0 Å². The van der Waals surface area contributed by atoms with E-state index in [1.807, 2.05) is 30.3 Å². The fourth-order valence-corrected chi connectivity index (χ4v) is 4.19. The Bertz CT molecular complexity index is 878. The van der Waals surface area contributed by atoms with Crippen LogP contribution in [-0.4, -0.2) is 23.0 Å². The van der Waals surface area contributed by atoms with Gasteiger partial charge in [0.2, 0.25) is 5.89 Å². The predicted octanol–water partition coefficient (Wildman–Crippen LogP) is 5.63. The number of hydrogen-bond donors (Lipinski definition) is 0. The summed E-state index contributed by atoms with van der Waals surface area (Å²) < 4.78 is 5.90. The molecule has 3 nitrogen and oxygen atoms in total. The van der Waals surface area contributed by atoms with Crippen molar-refractivity contribution >= 4 is 22.7 Å². The highest BCUT2D eigenvalue weighted by Gasteiger charge is 2.21. The molecule has 1 aliphatic heterocycles. The van der Waals surface area contributed by atoms with E-state index in [-0.39, 0.29) is 0 Å². The Labute approximate surface area is 153 Å². The molecule has 3 aromatic rings. The van der Waals surface area contributed by atoms with E-state index in [1.54, 1.807) is 0 Å². The lowest BCUT2D eigenvalue weighted by Crippen LogP contribution is -2.38. The molecule has 25 heavy (non-hydrogen) atoms. The van der Waals surface area contributed by atoms with E-state index in [0.717, 1.165) is 35.0 Å². The molecular formula is C21H23ClN2O. The molecule has 130 valence electrons. The van der Waals surface area contributed by atoms with E-state index in [4.69, 9.17) is 16.0 Å². The van der Waals surface area contributed by atoms with E-state index >= 15 is 0 Å². The number of nitrogens with zero attached hydrogens (tertiary/aromatic N) is 2. The van der Waals surface area contributed by atoms with Gasteiger partial charge in [-0.05, 0) is 54.2 Å². The molecule has 1 fully saturated rings. The van der Waals surface area contributed by atoms with Crippen LogP contribution in [0.15, 0.2) is 46.9 Å². The minimum atomic E-state index is 0.620. The highest BCUT2D eigenvalue weighted by atomic mass is 35.5. The van der Waals surface area contributed by atoms with Crippen LogP contribution in [0.5, 0.6) is 0 Å². The Balaban J connectivity index is 1.58. The van der Waals surface area contributed by atoms with Crippen LogP contribution in [0.3, 0.4) is 0 Å². The van der Waals surface area contributed by atoms with Gasteiger partial charge < -0.3 is 4.42 Å². The lowest BCUT2D eigenvalue weighted by molar-refractivity contribution is 0.134. The van der Waals surface area contributed by atoms with Gasteiger partial charge in [0.05, 0.1) is 0 Å². The molecule has 1 saturated heterocycles. The van der Waals surface area contributed by atoms with E-state index in [9.17, 15) is 0 Å². The van der Waals surface area contributed by atoms with E-state index in [2.05, 4.69) is 35.9 Å². The first-order chi connectivity index (χ1) is 12.1. The summed E-state index contributed by atoms with van der Waals surface area (Å²) in [6.45, 7) is 8.02. The van der Waals surface area contributed by atoms with Gasteiger partial charge >= 0.3 is 0 Å². The van der Waals surface area contributed by atoms with Crippen LogP contribution in [-0.2, 0) is 6.54 Å². The Morgan fingerprint density at radius 3 is 2.68 bits per heavy atom. The lowest BCUT2D eigenvalue weighted by atomic mass is 9.91. The van der Waals surface area contributed by atoms with Crippen LogP contribution in [0.25, 0.3) is 22.6 Å². The third-order valence-electron chi connectivity index (χ3n) is 4.87. The summed E-state index contributed by atoms with van der Waals surface area (Å²) in [5.74, 6) is 2.16. The first-order valence-electron chi connectivity index (χ1n) is 8.94. The number of rotatable bonds is 3. The Kier molecular flexibility index (Phi) is 4.53. The van der Waals surface area contributed by atoms with Crippen molar-refractivity contribution in [2.45, 2.75) is 26.8 Å². The van der Waals surface area contributed by atoms with Gasteiger partial charge in [0.15, 0.2) is 5.58 Å². The van der Waals surface area contributed by atoms with Gasteiger partial charge in [0.1, 0.15) is 5.52 Å². The normalized spacial score (nSPS) is 21.7. The average Bonchev–Trinajstić information content (AvgIpc) is 2.97. The maximum absolute atomic E-state index is 6.08.